The van der Waals surface area contributed by atoms with Gasteiger partial charge >= 0.3 is 6.03 Å². The second-order valence-corrected chi connectivity index (χ2v) is 8.70. The van der Waals surface area contributed by atoms with E-state index in [0.29, 0.717) is 32.7 Å². The van der Waals surface area contributed by atoms with Crippen LogP contribution in [0.5, 0.6) is 0 Å². The van der Waals surface area contributed by atoms with Crippen LogP contribution in [0.15, 0.2) is 60.7 Å². The molecule has 2 aliphatic heterocycles. The summed E-state index contributed by atoms with van der Waals surface area (Å²) in [5, 5.41) is 6.38. The summed E-state index contributed by atoms with van der Waals surface area (Å²) in [5.41, 5.74) is 1.72. The predicted molar refractivity (Wildman–Crippen MR) is 131 cm³/mol. The topological polar surface area (TPSA) is 85.4 Å². The van der Waals surface area contributed by atoms with Gasteiger partial charge in [0.15, 0.2) is 0 Å². The number of carbonyl (C=O) groups excluding carboxylic acids is 3. The Labute approximate surface area is 206 Å². The fourth-order valence-electron chi connectivity index (χ4n) is 4.77. The van der Waals surface area contributed by atoms with Gasteiger partial charge in [0.25, 0.3) is 0 Å². The molecule has 4 rings (SSSR count). The molecular weight excluding hydrogens is 446 g/mol. The van der Waals surface area contributed by atoms with Crippen molar-refractivity contribution in [2.75, 3.05) is 39.9 Å². The quantitative estimate of drug-likeness (QED) is 0.587. The van der Waals surface area contributed by atoms with Gasteiger partial charge in [0.1, 0.15) is 12.2 Å². The van der Waals surface area contributed by atoms with Gasteiger partial charge in [-0.25, -0.2) is 14.8 Å². The second-order valence-electron chi connectivity index (χ2n) is 8.70. The Morgan fingerprint density at radius 3 is 2.40 bits per heavy atom. The van der Waals surface area contributed by atoms with Gasteiger partial charge in [-0.3, -0.25) is 9.59 Å². The molecule has 2 aromatic rings. The molecule has 9 nitrogen and oxygen atoms in total. The summed E-state index contributed by atoms with van der Waals surface area (Å²) in [6, 6.07) is 17.9. The SMILES string of the molecule is CCN1CC(=O)N2[C@@H](c3ccccc3)C(=O)N(CCCOC)C[C@@H]2N1C(=O)NCc1ccccc1. The number of hydrogen-bond acceptors (Lipinski definition) is 5. The van der Waals surface area contributed by atoms with Gasteiger partial charge < -0.3 is 19.9 Å². The van der Waals surface area contributed by atoms with Gasteiger partial charge in [0.2, 0.25) is 11.8 Å². The summed E-state index contributed by atoms with van der Waals surface area (Å²) >= 11 is 0. The van der Waals surface area contributed by atoms with Gasteiger partial charge in [0, 0.05) is 33.4 Å². The molecule has 0 bridgehead atoms. The van der Waals surface area contributed by atoms with Crippen molar-refractivity contribution in [3.8, 4) is 0 Å². The van der Waals surface area contributed by atoms with Gasteiger partial charge in [-0.1, -0.05) is 67.6 Å². The number of amides is 4. The maximum absolute atomic E-state index is 13.6. The summed E-state index contributed by atoms with van der Waals surface area (Å²) in [5.74, 6) is -0.297. The van der Waals surface area contributed by atoms with Gasteiger partial charge in [-0.15, -0.1) is 0 Å². The molecule has 2 aromatic carbocycles. The number of rotatable bonds is 8. The van der Waals surface area contributed by atoms with E-state index in [-0.39, 0.29) is 30.9 Å². The average Bonchev–Trinajstić information content (AvgIpc) is 2.89. The lowest BCUT2D eigenvalue weighted by Crippen LogP contribution is -2.74. The van der Waals surface area contributed by atoms with E-state index in [1.54, 1.807) is 26.9 Å². The lowest BCUT2D eigenvalue weighted by molar-refractivity contribution is -0.190. The number of nitrogens with one attached hydrogen (secondary N) is 1. The molecule has 2 atom stereocenters. The molecular formula is C26H33N5O4. The van der Waals surface area contributed by atoms with Crippen LogP contribution >= 0.6 is 0 Å². The first-order valence-electron chi connectivity index (χ1n) is 12.0. The van der Waals surface area contributed by atoms with E-state index in [0.717, 1.165) is 11.1 Å². The van der Waals surface area contributed by atoms with Gasteiger partial charge in [0.05, 0.1) is 13.1 Å². The molecule has 0 aromatic heterocycles. The molecule has 1 N–H and O–H groups in total. The highest BCUT2D eigenvalue weighted by Gasteiger charge is 2.51. The number of fused-ring (bicyclic) bond motifs is 1. The number of likely N-dealkylation sites (N-methyl/N-ethyl adjacent to an activating group) is 1. The average molecular weight is 480 g/mol. The Kier molecular flexibility index (Phi) is 7.99. The van der Waals surface area contributed by atoms with E-state index in [2.05, 4.69) is 5.32 Å². The highest BCUT2D eigenvalue weighted by Crippen LogP contribution is 2.34. The van der Waals surface area contributed by atoms with Crippen LogP contribution < -0.4 is 5.32 Å². The first-order chi connectivity index (χ1) is 17.0. The van der Waals surface area contributed by atoms with E-state index in [1.807, 2.05) is 67.6 Å². The summed E-state index contributed by atoms with van der Waals surface area (Å²) in [6.45, 7) is 4.06. The zero-order valence-electron chi connectivity index (χ0n) is 20.3. The summed E-state index contributed by atoms with van der Waals surface area (Å²) < 4.78 is 5.19. The molecule has 0 aliphatic carbocycles. The van der Waals surface area contributed by atoms with Crippen LogP contribution in [0.25, 0.3) is 0 Å². The third kappa shape index (κ3) is 5.31. The molecule has 2 fully saturated rings. The number of nitrogens with zero attached hydrogens (tertiary/aromatic N) is 4. The number of urea groups is 1. The first-order valence-corrected chi connectivity index (χ1v) is 12.0. The number of carbonyl (C=O) groups is 3. The van der Waals surface area contributed by atoms with Crippen molar-refractivity contribution >= 4 is 17.8 Å². The highest BCUT2D eigenvalue weighted by molar-refractivity contribution is 5.92. The summed E-state index contributed by atoms with van der Waals surface area (Å²) in [6.07, 6.45) is 0.0553. The monoisotopic (exact) mass is 479 g/mol. The summed E-state index contributed by atoms with van der Waals surface area (Å²) in [4.78, 5) is 43.8. The van der Waals surface area contributed by atoms with Gasteiger partial charge in [-0.05, 0) is 17.5 Å². The molecule has 186 valence electrons. The standard InChI is InChI=1S/C26H33N5O4/c1-3-29-19-23(32)30-22(31(29)26(34)27-17-20-11-6-4-7-12-20)18-28(15-10-16-35-2)25(33)24(30)21-13-8-5-9-14-21/h4-9,11-14,22,24H,3,10,15-19H2,1-2H3,(H,27,34)/t22-,24-/m0/s1. The van der Waals surface area contributed by atoms with E-state index < -0.39 is 12.2 Å². The molecule has 0 unspecified atom stereocenters. The smallest absolute Gasteiger partial charge is 0.334 e. The Bertz CT molecular complexity index is 1020. The fraction of sp³-hybridized carbons (Fsp3) is 0.423. The number of piperazine rings is 1. The normalized spacial score (nSPS) is 20.7. The number of hydrogen-bond donors (Lipinski definition) is 1. The zero-order valence-corrected chi connectivity index (χ0v) is 20.3. The van der Waals surface area contributed by atoms with Crippen LogP contribution in [0.1, 0.15) is 30.5 Å². The molecule has 2 aliphatic rings. The van der Waals surface area contributed by atoms with Crippen molar-refractivity contribution in [3.05, 3.63) is 71.8 Å². The van der Waals surface area contributed by atoms with Gasteiger partial charge in [-0.2, -0.15) is 0 Å². The van der Waals surface area contributed by atoms with E-state index in [9.17, 15) is 14.4 Å². The highest BCUT2D eigenvalue weighted by atomic mass is 16.5. The minimum Gasteiger partial charge on any atom is -0.385 e. The number of methoxy groups -OCH3 is 1. The van der Waals surface area contributed by atoms with Crippen LogP contribution in [0, 0.1) is 0 Å². The number of benzene rings is 2. The Morgan fingerprint density at radius 1 is 1.06 bits per heavy atom. The third-order valence-corrected chi connectivity index (χ3v) is 6.47. The van der Waals surface area contributed by atoms with Crippen LogP contribution in [0.4, 0.5) is 4.79 Å². The zero-order chi connectivity index (χ0) is 24.8. The maximum Gasteiger partial charge on any atom is 0.334 e. The van der Waals surface area contributed by atoms with Crippen LogP contribution in [-0.2, 0) is 20.9 Å². The Morgan fingerprint density at radius 2 is 1.74 bits per heavy atom. The maximum atomic E-state index is 13.6. The predicted octanol–water partition coefficient (Wildman–Crippen LogP) is 2.22. The summed E-state index contributed by atoms with van der Waals surface area (Å²) in [7, 11) is 1.63. The molecule has 9 heteroatoms. The van der Waals surface area contributed by atoms with Crippen molar-refractivity contribution in [1.82, 2.24) is 25.1 Å². The molecule has 0 spiro atoms. The van der Waals surface area contributed by atoms with Crippen molar-refractivity contribution in [1.29, 1.82) is 0 Å². The van der Waals surface area contributed by atoms with Crippen molar-refractivity contribution < 1.29 is 19.1 Å². The minimum atomic E-state index is -0.784. The van der Waals surface area contributed by atoms with Crippen molar-refractivity contribution in [3.63, 3.8) is 0 Å². The number of hydrazine groups is 1. The molecule has 0 radical (unpaired) electrons. The van der Waals surface area contributed by atoms with Crippen LogP contribution in [0.3, 0.4) is 0 Å². The van der Waals surface area contributed by atoms with E-state index in [1.165, 1.54) is 0 Å². The Balaban J connectivity index is 1.65. The van der Waals surface area contributed by atoms with Crippen molar-refractivity contribution in [2.24, 2.45) is 0 Å². The lowest BCUT2D eigenvalue weighted by atomic mass is 9.98. The Hall–Kier alpha value is -3.43. The first kappa shape index (κ1) is 24.7. The molecule has 2 heterocycles. The fourth-order valence-corrected chi connectivity index (χ4v) is 4.77. The van der Waals surface area contributed by atoms with E-state index >= 15 is 0 Å². The molecule has 35 heavy (non-hydrogen) atoms. The van der Waals surface area contributed by atoms with Crippen molar-refractivity contribution in [2.45, 2.75) is 32.1 Å². The lowest BCUT2D eigenvalue weighted by Gasteiger charge is -2.55. The molecule has 2 saturated heterocycles. The van der Waals surface area contributed by atoms with Crippen LogP contribution in [0.2, 0.25) is 0 Å². The minimum absolute atomic E-state index is 0.0338. The molecule has 0 saturated carbocycles. The molecule has 4 amide bonds. The number of ether oxygens (including phenoxy) is 1. The third-order valence-electron chi connectivity index (χ3n) is 6.47. The second kappa shape index (κ2) is 11.3. The largest absolute Gasteiger partial charge is 0.385 e. The van der Waals surface area contributed by atoms with E-state index in [4.69, 9.17) is 4.74 Å². The van der Waals surface area contributed by atoms with Crippen LogP contribution in [-0.4, -0.2) is 83.7 Å².